The van der Waals surface area contributed by atoms with E-state index in [9.17, 15) is 9.59 Å². The van der Waals surface area contributed by atoms with Gasteiger partial charge in [0.1, 0.15) is 5.60 Å². The van der Waals surface area contributed by atoms with Crippen molar-refractivity contribution < 1.29 is 19.1 Å². The van der Waals surface area contributed by atoms with E-state index in [1.54, 1.807) is 0 Å². The van der Waals surface area contributed by atoms with Crippen molar-refractivity contribution in [2.75, 3.05) is 18.8 Å². The summed E-state index contributed by atoms with van der Waals surface area (Å²) in [5.74, 6) is -0.393. The molecular formula is C21H27N3O4S. The minimum atomic E-state index is -0.593. The molecule has 7 nitrogen and oxygen atoms in total. The van der Waals surface area contributed by atoms with Gasteiger partial charge in [0.25, 0.3) is 6.47 Å². The Hall–Kier alpha value is -2.45. The number of rotatable bonds is 6. The van der Waals surface area contributed by atoms with Gasteiger partial charge in [-0.15, -0.1) is 0 Å². The van der Waals surface area contributed by atoms with Crippen molar-refractivity contribution in [1.29, 1.82) is 0 Å². The number of benzene rings is 1. The van der Waals surface area contributed by atoms with Gasteiger partial charge in [0, 0.05) is 24.6 Å². The van der Waals surface area contributed by atoms with Gasteiger partial charge >= 0.3 is 5.97 Å². The Morgan fingerprint density at radius 3 is 2.72 bits per heavy atom. The van der Waals surface area contributed by atoms with E-state index in [0.717, 1.165) is 42.2 Å². The van der Waals surface area contributed by atoms with Crippen molar-refractivity contribution in [3.63, 3.8) is 0 Å². The van der Waals surface area contributed by atoms with E-state index in [1.165, 1.54) is 0 Å². The van der Waals surface area contributed by atoms with Crippen LogP contribution < -0.4 is 5.73 Å². The molecule has 1 aliphatic heterocycles. The highest BCUT2D eigenvalue weighted by molar-refractivity contribution is 7.08. The first-order valence-electron chi connectivity index (χ1n) is 9.66. The van der Waals surface area contributed by atoms with Gasteiger partial charge < -0.3 is 15.2 Å². The number of hydrogen-bond donors (Lipinski definition) is 1. The summed E-state index contributed by atoms with van der Waals surface area (Å²) in [4.78, 5) is 26.0. The SMILES string of the molecule is CC(C)(C)OC(=O)c1snc(C2CCCN(C(OC=O)c3ccccc3)C2)c1N. The predicted molar refractivity (Wildman–Crippen MR) is 112 cm³/mol. The fourth-order valence-electron chi connectivity index (χ4n) is 3.56. The van der Waals surface area contributed by atoms with Gasteiger partial charge in [0.15, 0.2) is 11.1 Å². The highest BCUT2D eigenvalue weighted by Gasteiger charge is 2.33. The van der Waals surface area contributed by atoms with E-state index in [4.69, 9.17) is 15.2 Å². The van der Waals surface area contributed by atoms with Crippen LogP contribution in [0.5, 0.6) is 0 Å². The number of carbonyl (C=O) groups is 2. The molecule has 2 aromatic rings. The molecule has 0 aliphatic carbocycles. The fourth-order valence-corrected chi connectivity index (χ4v) is 4.32. The Labute approximate surface area is 175 Å². The molecule has 1 saturated heterocycles. The van der Waals surface area contributed by atoms with Gasteiger partial charge in [-0.2, -0.15) is 4.37 Å². The molecule has 0 amide bonds. The molecule has 1 aliphatic rings. The summed E-state index contributed by atoms with van der Waals surface area (Å²) in [5, 5.41) is 0. The first kappa shape index (κ1) is 21.3. The molecular weight excluding hydrogens is 390 g/mol. The first-order valence-corrected chi connectivity index (χ1v) is 10.4. The van der Waals surface area contributed by atoms with Gasteiger partial charge in [-0.3, -0.25) is 9.69 Å². The first-order chi connectivity index (χ1) is 13.8. The van der Waals surface area contributed by atoms with E-state index in [-0.39, 0.29) is 5.92 Å². The molecule has 8 heteroatoms. The Balaban J connectivity index is 1.79. The van der Waals surface area contributed by atoms with E-state index in [2.05, 4.69) is 9.27 Å². The Bertz CT molecular complexity index is 847. The number of ether oxygens (including phenoxy) is 2. The standard InChI is InChI=1S/C21H27N3O4S/c1-21(2,3)28-20(26)18-16(22)17(23-29-18)15-10-7-11-24(12-15)19(27-13-25)14-8-5-4-6-9-14/h4-6,8-9,13,15,19H,7,10-12,22H2,1-3H3. The lowest BCUT2D eigenvalue weighted by Crippen LogP contribution is -2.38. The van der Waals surface area contributed by atoms with E-state index in [0.29, 0.717) is 23.6 Å². The molecule has 0 radical (unpaired) electrons. The summed E-state index contributed by atoms with van der Waals surface area (Å²) < 4.78 is 15.3. The zero-order valence-electron chi connectivity index (χ0n) is 17.0. The third kappa shape index (κ3) is 5.13. The monoisotopic (exact) mass is 417 g/mol. The molecule has 3 rings (SSSR count). The number of anilines is 1. The summed E-state index contributed by atoms with van der Waals surface area (Å²) in [5.41, 5.74) is 7.72. The number of nitrogens with two attached hydrogens (primary N) is 1. The topological polar surface area (TPSA) is 94.7 Å². The maximum Gasteiger partial charge on any atom is 0.352 e. The van der Waals surface area contributed by atoms with Crippen LogP contribution >= 0.6 is 11.5 Å². The molecule has 29 heavy (non-hydrogen) atoms. The second-order valence-corrected chi connectivity index (χ2v) is 8.92. The number of aromatic nitrogens is 1. The Morgan fingerprint density at radius 2 is 2.07 bits per heavy atom. The maximum atomic E-state index is 12.4. The Morgan fingerprint density at radius 1 is 1.34 bits per heavy atom. The molecule has 156 valence electrons. The van der Waals surface area contributed by atoms with Crippen molar-refractivity contribution in [2.45, 2.75) is 51.4 Å². The van der Waals surface area contributed by atoms with Crippen LogP contribution in [-0.2, 0) is 14.3 Å². The molecule has 2 atom stereocenters. The number of nitrogen functional groups attached to an aromatic ring is 1. The Kier molecular flexibility index (Phi) is 6.54. The van der Waals surface area contributed by atoms with Crippen LogP contribution in [-0.4, -0.2) is 40.4 Å². The minimum Gasteiger partial charge on any atom is -0.456 e. The summed E-state index contributed by atoms with van der Waals surface area (Å²) in [6.45, 7) is 7.37. The third-order valence-electron chi connectivity index (χ3n) is 4.78. The number of likely N-dealkylation sites (tertiary alicyclic amines) is 1. The van der Waals surface area contributed by atoms with E-state index >= 15 is 0 Å². The highest BCUT2D eigenvalue weighted by atomic mass is 32.1. The normalized spacial score (nSPS) is 18.8. The van der Waals surface area contributed by atoms with E-state index < -0.39 is 17.8 Å². The molecule has 2 N–H and O–H groups in total. The number of hydrogen-bond acceptors (Lipinski definition) is 8. The maximum absolute atomic E-state index is 12.4. The van der Waals surface area contributed by atoms with Crippen molar-refractivity contribution in [3.8, 4) is 0 Å². The summed E-state index contributed by atoms with van der Waals surface area (Å²) in [6, 6.07) is 9.65. The lowest BCUT2D eigenvalue weighted by molar-refractivity contribution is -0.145. The van der Waals surface area contributed by atoms with Crippen LogP contribution in [0.2, 0.25) is 0 Å². The average molecular weight is 418 g/mol. The van der Waals surface area contributed by atoms with Crippen molar-refractivity contribution in [3.05, 3.63) is 46.5 Å². The lowest BCUT2D eigenvalue weighted by Gasteiger charge is -2.36. The molecule has 2 heterocycles. The van der Waals surface area contributed by atoms with Crippen LogP contribution in [0.25, 0.3) is 0 Å². The quantitative estimate of drug-likeness (QED) is 0.565. The smallest absolute Gasteiger partial charge is 0.352 e. The van der Waals surface area contributed by atoms with Gasteiger partial charge in [-0.25, -0.2) is 4.79 Å². The molecule has 0 saturated carbocycles. The fraction of sp³-hybridized carbons (Fsp3) is 0.476. The van der Waals surface area contributed by atoms with Crippen molar-refractivity contribution >= 4 is 29.7 Å². The highest BCUT2D eigenvalue weighted by Crippen LogP contribution is 2.37. The van der Waals surface area contributed by atoms with Crippen LogP contribution in [0.15, 0.2) is 30.3 Å². The molecule has 0 bridgehead atoms. The molecule has 0 spiro atoms. The third-order valence-corrected chi connectivity index (χ3v) is 5.64. The van der Waals surface area contributed by atoms with E-state index in [1.807, 2.05) is 51.1 Å². The number of nitrogens with zero attached hydrogens (tertiary/aromatic N) is 2. The van der Waals surface area contributed by atoms with Crippen LogP contribution in [0, 0.1) is 0 Å². The summed E-state index contributed by atoms with van der Waals surface area (Å²) in [6.07, 6.45) is 1.36. The number of carbonyl (C=O) groups excluding carboxylic acids is 2. The summed E-state index contributed by atoms with van der Waals surface area (Å²) >= 11 is 1.08. The van der Waals surface area contributed by atoms with Gasteiger partial charge in [-0.05, 0) is 45.1 Å². The lowest BCUT2D eigenvalue weighted by atomic mass is 9.93. The second-order valence-electron chi connectivity index (χ2n) is 8.14. The zero-order chi connectivity index (χ0) is 21.0. The number of piperidine rings is 1. The van der Waals surface area contributed by atoms with Crippen LogP contribution in [0.3, 0.4) is 0 Å². The molecule has 1 aromatic carbocycles. The molecule has 2 unspecified atom stereocenters. The molecule has 1 fully saturated rings. The van der Waals surface area contributed by atoms with Gasteiger partial charge in [0.2, 0.25) is 0 Å². The largest absolute Gasteiger partial charge is 0.456 e. The van der Waals surface area contributed by atoms with Crippen LogP contribution in [0.1, 0.15) is 66.7 Å². The minimum absolute atomic E-state index is 0.0534. The van der Waals surface area contributed by atoms with Crippen LogP contribution in [0.4, 0.5) is 5.69 Å². The van der Waals surface area contributed by atoms with Crippen molar-refractivity contribution in [2.24, 2.45) is 0 Å². The summed E-state index contributed by atoms with van der Waals surface area (Å²) in [7, 11) is 0. The molecule has 1 aromatic heterocycles. The predicted octanol–water partition coefficient (Wildman–Crippen LogP) is 3.73. The van der Waals surface area contributed by atoms with Crippen molar-refractivity contribution in [1.82, 2.24) is 9.27 Å². The average Bonchev–Trinajstić information content (AvgIpc) is 3.07. The zero-order valence-corrected chi connectivity index (χ0v) is 17.8. The number of esters is 1. The van der Waals surface area contributed by atoms with Gasteiger partial charge in [-0.1, -0.05) is 30.3 Å². The second kappa shape index (κ2) is 8.92. The van der Waals surface area contributed by atoms with Gasteiger partial charge in [0.05, 0.1) is 11.4 Å².